The standard InChI is InChI=1S/C17H28N2O/c1-17(2,3)18-12-15-6-4-5-7-16(15)19-10-8-14(13-19)9-11-20/h4-7,14,18,20H,8-13H2,1-3H3. The van der Waals surface area contributed by atoms with Gasteiger partial charge in [-0.25, -0.2) is 0 Å². The van der Waals surface area contributed by atoms with E-state index < -0.39 is 0 Å². The highest BCUT2D eigenvalue weighted by atomic mass is 16.3. The molecule has 0 aliphatic carbocycles. The molecule has 0 spiro atoms. The van der Waals surface area contributed by atoms with Crippen LogP contribution in [0.25, 0.3) is 0 Å². The number of para-hydroxylation sites is 1. The average Bonchev–Trinajstić information content (AvgIpc) is 2.85. The molecule has 2 rings (SSSR count). The molecule has 0 bridgehead atoms. The van der Waals surface area contributed by atoms with Crippen molar-refractivity contribution >= 4 is 5.69 Å². The predicted molar refractivity (Wildman–Crippen MR) is 85.1 cm³/mol. The van der Waals surface area contributed by atoms with Gasteiger partial charge in [0.1, 0.15) is 0 Å². The summed E-state index contributed by atoms with van der Waals surface area (Å²) in [6.07, 6.45) is 2.13. The zero-order chi connectivity index (χ0) is 14.6. The third-order valence-electron chi connectivity index (χ3n) is 3.96. The first-order chi connectivity index (χ1) is 9.49. The Kier molecular flexibility index (Phi) is 5.06. The number of anilines is 1. The minimum absolute atomic E-state index is 0.136. The smallest absolute Gasteiger partial charge is 0.0434 e. The van der Waals surface area contributed by atoms with Crippen LogP contribution in [0.1, 0.15) is 39.2 Å². The minimum Gasteiger partial charge on any atom is -0.396 e. The molecule has 1 atom stereocenters. The molecule has 0 amide bonds. The molecule has 0 radical (unpaired) electrons. The van der Waals surface area contributed by atoms with E-state index in [0.29, 0.717) is 12.5 Å². The van der Waals surface area contributed by atoms with Crippen LogP contribution in [0.2, 0.25) is 0 Å². The second-order valence-electron chi connectivity index (χ2n) is 6.85. The molecule has 0 saturated carbocycles. The summed E-state index contributed by atoms with van der Waals surface area (Å²) in [5.74, 6) is 0.642. The summed E-state index contributed by atoms with van der Waals surface area (Å²) >= 11 is 0. The maximum absolute atomic E-state index is 9.08. The van der Waals surface area contributed by atoms with Gasteiger partial charge in [-0.3, -0.25) is 0 Å². The molecule has 2 N–H and O–H groups in total. The normalized spacial score (nSPS) is 19.6. The van der Waals surface area contributed by atoms with Gasteiger partial charge in [-0.2, -0.15) is 0 Å². The van der Waals surface area contributed by atoms with Crippen LogP contribution in [0.5, 0.6) is 0 Å². The van der Waals surface area contributed by atoms with Crippen molar-refractivity contribution in [2.45, 2.75) is 45.7 Å². The molecule has 1 saturated heterocycles. The summed E-state index contributed by atoms with van der Waals surface area (Å²) in [6.45, 7) is 9.99. The van der Waals surface area contributed by atoms with E-state index in [4.69, 9.17) is 5.11 Å². The molecule has 1 fully saturated rings. The molecule has 1 heterocycles. The maximum atomic E-state index is 9.08. The van der Waals surface area contributed by atoms with Crippen LogP contribution in [-0.4, -0.2) is 30.3 Å². The average molecular weight is 276 g/mol. The van der Waals surface area contributed by atoms with Crippen molar-refractivity contribution in [2.24, 2.45) is 5.92 Å². The molecule has 1 aliphatic rings. The van der Waals surface area contributed by atoms with Crippen LogP contribution in [0.3, 0.4) is 0 Å². The number of aliphatic hydroxyl groups is 1. The van der Waals surface area contributed by atoms with E-state index in [1.165, 1.54) is 17.7 Å². The number of rotatable bonds is 5. The molecule has 1 aliphatic heterocycles. The van der Waals surface area contributed by atoms with E-state index in [1.807, 2.05) is 0 Å². The Hall–Kier alpha value is -1.06. The van der Waals surface area contributed by atoms with Gasteiger partial charge in [0.05, 0.1) is 0 Å². The zero-order valence-corrected chi connectivity index (χ0v) is 13.0. The van der Waals surface area contributed by atoms with E-state index in [1.54, 1.807) is 0 Å². The van der Waals surface area contributed by atoms with Crippen LogP contribution in [0, 0.1) is 5.92 Å². The van der Waals surface area contributed by atoms with Gasteiger partial charge in [-0.1, -0.05) is 18.2 Å². The molecule has 1 aromatic carbocycles. The van der Waals surface area contributed by atoms with Crippen LogP contribution in [0.15, 0.2) is 24.3 Å². The number of aliphatic hydroxyl groups excluding tert-OH is 1. The Morgan fingerprint density at radius 2 is 2.05 bits per heavy atom. The van der Waals surface area contributed by atoms with Crippen LogP contribution >= 0.6 is 0 Å². The van der Waals surface area contributed by atoms with Crippen LogP contribution < -0.4 is 10.2 Å². The van der Waals surface area contributed by atoms with E-state index >= 15 is 0 Å². The molecular weight excluding hydrogens is 248 g/mol. The van der Waals surface area contributed by atoms with Gasteiger partial charge in [-0.05, 0) is 51.2 Å². The summed E-state index contributed by atoms with van der Waals surface area (Å²) < 4.78 is 0. The molecule has 1 unspecified atom stereocenters. The van der Waals surface area contributed by atoms with Crippen molar-refractivity contribution in [3.8, 4) is 0 Å². The number of nitrogens with one attached hydrogen (secondary N) is 1. The fourth-order valence-electron chi connectivity index (χ4n) is 2.80. The zero-order valence-electron chi connectivity index (χ0n) is 13.0. The molecule has 1 aromatic rings. The van der Waals surface area contributed by atoms with Crippen molar-refractivity contribution in [3.05, 3.63) is 29.8 Å². The van der Waals surface area contributed by atoms with Crippen LogP contribution in [-0.2, 0) is 6.54 Å². The van der Waals surface area contributed by atoms with Gasteiger partial charge in [0.25, 0.3) is 0 Å². The minimum atomic E-state index is 0.136. The topological polar surface area (TPSA) is 35.5 Å². The summed E-state index contributed by atoms with van der Waals surface area (Å²) in [7, 11) is 0. The Balaban J connectivity index is 2.04. The second kappa shape index (κ2) is 6.59. The van der Waals surface area contributed by atoms with Crippen molar-refractivity contribution in [1.29, 1.82) is 0 Å². The van der Waals surface area contributed by atoms with Crippen molar-refractivity contribution in [2.75, 3.05) is 24.6 Å². The van der Waals surface area contributed by atoms with E-state index in [9.17, 15) is 0 Å². The maximum Gasteiger partial charge on any atom is 0.0434 e. The number of benzene rings is 1. The summed E-state index contributed by atoms with van der Waals surface area (Å²) in [5, 5.41) is 12.7. The molecule has 3 nitrogen and oxygen atoms in total. The predicted octanol–water partition coefficient (Wildman–Crippen LogP) is 2.78. The van der Waals surface area contributed by atoms with Gasteiger partial charge in [0.2, 0.25) is 0 Å². The largest absolute Gasteiger partial charge is 0.396 e. The first-order valence-corrected chi connectivity index (χ1v) is 7.68. The van der Waals surface area contributed by atoms with Gasteiger partial charge >= 0.3 is 0 Å². The monoisotopic (exact) mass is 276 g/mol. The Labute approximate surface area is 123 Å². The van der Waals surface area contributed by atoms with Crippen molar-refractivity contribution < 1.29 is 5.11 Å². The molecule has 112 valence electrons. The van der Waals surface area contributed by atoms with Crippen molar-refractivity contribution in [1.82, 2.24) is 5.32 Å². The van der Waals surface area contributed by atoms with E-state index in [-0.39, 0.29) is 5.54 Å². The lowest BCUT2D eigenvalue weighted by molar-refractivity contribution is 0.263. The van der Waals surface area contributed by atoms with Gasteiger partial charge < -0.3 is 15.3 Å². The van der Waals surface area contributed by atoms with Gasteiger partial charge in [0, 0.05) is 37.5 Å². The number of hydrogen-bond donors (Lipinski definition) is 2. The number of nitrogens with zero attached hydrogens (tertiary/aromatic N) is 1. The SMILES string of the molecule is CC(C)(C)NCc1ccccc1N1CCC(CCO)C1. The fourth-order valence-corrected chi connectivity index (χ4v) is 2.80. The molecule has 3 heteroatoms. The lowest BCUT2D eigenvalue weighted by atomic mass is 10.1. The molecule has 20 heavy (non-hydrogen) atoms. The number of hydrogen-bond acceptors (Lipinski definition) is 3. The van der Waals surface area contributed by atoms with E-state index in [2.05, 4.69) is 55.3 Å². The lowest BCUT2D eigenvalue weighted by Gasteiger charge is -2.25. The molecular formula is C17H28N2O. The summed E-state index contributed by atoms with van der Waals surface area (Å²) in [5.41, 5.74) is 2.86. The fraction of sp³-hybridized carbons (Fsp3) is 0.647. The summed E-state index contributed by atoms with van der Waals surface area (Å²) in [4.78, 5) is 2.47. The van der Waals surface area contributed by atoms with Gasteiger partial charge in [-0.15, -0.1) is 0 Å². The van der Waals surface area contributed by atoms with Crippen LogP contribution in [0.4, 0.5) is 5.69 Å². The third kappa shape index (κ3) is 4.22. The highest BCUT2D eigenvalue weighted by Crippen LogP contribution is 2.28. The van der Waals surface area contributed by atoms with Gasteiger partial charge in [0.15, 0.2) is 0 Å². The Bertz CT molecular complexity index is 425. The third-order valence-corrected chi connectivity index (χ3v) is 3.96. The molecule has 0 aromatic heterocycles. The highest BCUT2D eigenvalue weighted by molar-refractivity contribution is 5.54. The first-order valence-electron chi connectivity index (χ1n) is 7.68. The Morgan fingerprint density at radius 1 is 1.30 bits per heavy atom. The first kappa shape index (κ1) is 15.3. The van der Waals surface area contributed by atoms with Crippen molar-refractivity contribution in [3.63, 3.8) is 0 Å². The van der Waals surface area contributed by atoms with E-state index in [0.717, 1.165) is 26.1 Å². The highest BCUT2D eigenvalue weighted by Gasteiger charge is 2.23. The Morgan fingerprint density at radius 3 is 2.75 bits per heavy atom. The summed E-state index contributed by atoms with van der Waals surface area (Å²) in [6, 6.07) is 8.67. The quantitative estimate of drug-likeness (QED) is 0.868. The lowest BCUT2D eigenvalue weighted by Crippen LogP contribution is -2.35. The second-order valence-corrected chi connectivity index (χ2v) is 6.85.